The lowest BCUT2D eigenvalue weighted by Crippen LogP contribution is -2.09. The Labute approximate surface area is 243 Å². The molecule has 5 heteroatoms. The predicted octanol–water partition coefficient (Wildman–Crippen LogP) is 9.70. The van der Waals surface area contributed by atoms with E-state index in [1.165, 1.54) is 0 Å². The van der Waals surface area contributed by atoms with Gasteiger partial charge in [-0.05, 0) is 71.1 Å². The van der Waals surface area contributed by atoms with Crippen molar-refractivity contribution in [2.75, 3.05) is 7.11 Å². The Morgan fingerprint density at radius 1 is 0.675 bits per heavy atom. The van der Waals surface area contributed by atoms with Crippen molar-refractivity contribution in [3.8, 4) is 33.8 Å². The smallest absolute Gasteiger partial charge is 0.166 e. The third-order valence-electron chi connectivity index (χ3n) is 6.40. The molecule has 0 heterocycles. The summed E-state index contributed by atoms with van der Waals surface area (Å²) in [6.07, 6.45) is 0. The van der Waals surface area contributed by atoms with Gasteiger partial charge in [0, 0.05) is 23.0 Å². The number of halogens is 1. The minimum atomic E-state index is -0.0902. The summed E-state index contributed by atoms with van der Waals surface area (Å²) in [5.41, 5.74) is 6.47. The molecule has 4 rings (SSSR count). The summed E-state index contributed by atoms with van der Waals surface area (Å²) >= 11 is 6.09. The summed E-state index contributed by atoms with van der Waals surface area (Å²) in [6, 6.07) is 26.2. The summed E-state index contributed by atoms with van der Waals surface area (Å²) in [4.78, 5) is 24.2. The van der Waals surface area contributed by atoms with E-state index in [-0.39, 0.29) is 36.6 Å². The molecule has 4 aromatic carbocycles. The number of carbonyl (C=O) groups excluding carboxylic acids is 2. The number of phenolic OH excluding ortho intramolecular Hbond substituents is 1. The van der Waals surface area contributed by atoms with Crippen LogP contribution in [0.25, 0.3) is 22.3 Å². The first kappa shape index (κ1) is 32.3. The second-order valence-corrected chi connectivity index (χ2v) is 10.4. The van der Waals surface area contributed by atoms with E-state index in [0.717, 1.165) is 39.1 Å². The third kappa shape index (κ3) is 8.06. The number of hydrogen-bond acceptors (Lipinski definition) is 4. The van der Waals surface area contributed by atoms with Crippen LogP contribution in [-0.4, -0.2) is 23.8 Å². The van der Waals surface area contributed by atoms with Crippen LogP contribution < -0.4 is 4.74 Å². The molecule has 0 saturated carbocycles. The van der Waals surface area contributed by atoms with E-state index in [2.05, 4.69) is 6.07 Å². The summed E-state index contributed by atoms with van der Waals surface area (Å²) in [6.45, 7) is 9.55. The van der Waals surface area contributed by atoms with Crippen LogP contribution in [0.1, 0.15) is 61.4 Å². The molecule has 0 aliphatic carbocycles. The Bertz CT molecular complexity index is 1440. The predicted molar refractivity (Wildman–Crippen MR) is 167 cm³/mol. The molecular weight excluding hydrogens is 520 g/mol. The van der Waals surface area contributed by atoms with Gasteiger partial charge in [0.1, 0.15) is 11.5 Å². The summed E-state index contributed by atoms with van der Waals surface area (Å²) in [7, 11) is 1.66. The number of methoxy groups -OCH3 is 1. The van der Waals surface area contributed by atoms with Gasteiger partial charge < -0.3 is 9.84 Å². The molecule has 4 nitrogen and oxygen atoms in total. The first-order chi connectivity index (χ1) is 18.5. The molecule has 4 aromatic rings. The highest BCUT2D eigenvalue weighted by Gasteiger charge is 2.15. The zero-order valence-electron chi connectivity index (χ0n) is 23.3. The quantitative estimate of drug-likeness (QED) is 0.229. The highest BCUT2D eigenvalue weighted by atomic mass is 35.5. The first-order valence-corrected chi connectivity index (χ1v) is 13.3. The molecular formula is C35H39ClO4. The van der Waals surface area contributed by atoms with Crippen molar-refractivity contribution in [1.29, 1.82) is 0 Å². The Hall–Kier alpha value is -3.89. The lowest BCUT2D eigenvalue weighted by Gasteiger charge is -2.10. The molecule has 0 amide bonds. The van der Waals surface area contributed by atoms with Crippen LogP contribution in [0.3, 0.4) is 0 Å². The largest absolute Gasteiger partial charge is 0.508 e. The number of carbonyl (C=O) groups is 2. The van der Waals surface area contributed by atoms with Gasteiger partial charge in [-0.25, -0.2) is 0 Å². The number of aromatic hydroxyl groups is 1. The van der Waals surface area contributed by atoms with E-state index in [1.54, 1.807) is 31.4 Å². The Morgan fingerprint density at radius 2 is 1.12 bits per heavy atom. The molecule has 40 heavy (non-hydrogen) atoms. The van der Waals surface area contributed by atoms with Crippen molar-refractivity contribution in [2.24, 2.45) is 11.8 Å². The van der Waals surface area contributed by atoms with Crippen LogP contribution >= 0.6 is 11.6 Å². The monoisotopic (exact) mass is 558 g/mol. The van der Waals surface area contributed by atoms with Crippen molar-refractivity contribution in [1.82, 2.24) is 0 Å². The Kier molecular flexibility index (Phi) is 11.7. The summed E-state index contributed by atoms with van der Waals surface area (Å²) in [5.74, 6) is 1.23. The maximum absolute atomic E-state index is 12.1. The van der Waals surface area contributed by atoms with Crippen LogP contribution in [0.2, 0.25) is 5.02 Å². The van der Waals surface area contributed by atoms with E-state index in [0.29, 0.717) is 10.6 Å². The number of hydrogen-bond donors (Lipinski definition) is 1. The van der Waals surface area contributed by atoms with Gasteiger partial charge in [-0.2, -0.15) is 0 Å². The van der Waals surface area contributed by atoms with Gasteiger partial charge in [-0.15, -0.1) is 0 Å². The standard InChI is InChI=1S/C18H20O2.C16H15ClO2.CH4/c1-12(2)18(19)17-10-7-15(11-13(17)3)14-5-8-16(20-4)9-6-14;1-10(2)16(19)14-9-12(5-8-15(14)17)11-3-6-13(18)7-4-11;/h5-12H,1-4H3;3-10,18H,1-2H3;1H4. The van der Waals surface area contributed by atoms with Gasteiger partial charge in [-0.3, -0.25) is 9.59 Å². The highest BCUT2D eigenvalue weighted by Crippen LogP contribution is 2.28. The van der Waals surface area contributed by atoms with Crippen molar-refractivity contribution >= 4 is 23.2 Å². The Balaban J connectivity index is 0.000000274. The number of aryl methyl sites for hydroxylation is 1. The molecule has 210 valence electrons. The van der Waals surface area contributed by atoms with Gasteiger partial charge in [-0.1, -0.05) is 95.3 Å². The number of rotatable bonds is 7. The Morgan fingerprint density at radius 3 is 1.62 bits per heavy atom. The van der Waals surface area contributed by atoms with Crippen LogP contribution in [0, 0.1) is 18.8 Å². The average Bonchev–Trinajstić information content (AvgIpc) is 2.93. The van der Waals surface area contributed by atoms with E-state index in [1.807, 2.05) is 89.2 Å². The SMILES string of the molecule is C.CC(C)C(=O)c1cc(-c2ccc(O)cc2)ccc1Cl.COc1ccc(-c2ccc(C(=O)C(C)C)c(C)c2)cc1. The lowest BCUT2D eigenvalue weighted by atomic mass is 9.94. The van der Waals surface area contributed by atoms with Crippen molar-refractivity contribution in [2.45, 2.75) is 42.0 Å². The maximum Gasteiger partial charge on any atom is 0.166 e. The molecule has 0 saturated heterocycles. The van der Waals surface area contributed by atoms with E-state index < -0.39 is 0 Å². The fraction of sp³-hybridized carbons (Fsp3) is 0.257. The lowest BCUT2D eigenvalue weighted by molar-refractivity contribution is 0.0932. The van der Waals surface area contributed by atoms with Gasteiger partial charge in [0.25, 0.3) is 0 Å². The van der Waals surface area contributed by atoms with Crippen LogP contribution in [0.5, 0.6) is 11.5 Å². The van der Waals surface area contributed by atoms with Crippen LogP contribution in [0.15, 0.2) is 84.9 Å². The first-order valence-electron chi connectivity index (χ1n) is 12.9. The average molecular weight is 559 g/mol. The minimum absolute atomic E-state index is 0. The molecule has 0 aliphatic heterocycles. The third-order valence-corrected chi connectivity index (χ3v) is 6.73. The normalized spacial score (nSPS) is 10.4. The van der Waals surface area contributed by atoms with Crippen molar-refractivity contribution in [3.05, 3.63) is 107 Å². The van der Waals surface area contributed by atoms with Gasteiger partial charge in [0.05, 0.1) is 12.1 Å². The van der Waals surface area contributed by atoms with Crippen molar-refractivity contribution in [3.63, 3.8) is 0 Å². The van der Waals surface area contributed by atoms with Gasteiger partial charge in [0.15, 0.2) is 11.6 Å². The molecule has 0 aliphatic rings. The van der Waals surface area contributed by atoms with Gasteiger partial charge in [0.2, 0.25) is 0 Å². The minimum Gasteiger partial charge on any atom is -0.508 e. The van der Waals surface area contributed by atoms with Crippen LogP contribution in [-0.2, 0) is 0 Å². The zero-order chi connectivity index (χ0) is 28.7. The number of Topliss-reactive ketones (excluding diaryl/α,β-unsaturated/α-hetero) is 2. The topological polar surface area (TPSA) is 63.6 Å². The molecule has 0 unspecified atom stereocenters. The highest BCUT2D eigenvalue weighted by molar-refractivity contribution is 6.34. The van der Waals surface area contributed by atoms with Crippen LogP contribution in [0.4, 0.5) is 0 Å². The summed E-state index contributed by atoms with van der Waals surface area (Å²) in [5, 5.41) is 9.76. The fourth-order valence-electron chi connectivity index (χ4n) is 4.07. The molecule has 1 N–H and O–H groups in total. The number of phenols is 1. The molecule has 0 bridgehead atoms. The number of benzene rings is 4. The molecule has 0 radical (unpaired) electrons. The number of ether oxygens (including phenoxy) is 1. The molecule has 0 atom stereocenters. The summed E-state index contributed by atoms with van der Waals surface area (Å²) < 4.78 is 5.16. The fourth-order valence-corrected chi connectivity index (χ4v) is 4.28. The van der Waals surface area contributed by atoms with Crippen molar-refractivity contribution < 1.29 is 19.4 Å². The molecule has 0 fully saturated rings. The van der Waals surface area contributed by atoms with Gasteiger partial charge >= 0.3 is 0 Å². The maximum atomic E-state index is 12.1. The van der Waals surface area contributed by atoms with E-state index >= 15 is 0 Å². The second kappa shape index (κ2) is 14.5. The molecule has 0 aromatic heterocycles. The molecule has 0 spiro atoms. The number of ketones is 2. The zero-order valence-corrected chi connectivity index (χ0v) is 24.0. The van der Waals surface area contributed by atoms with E-state index in [9.17, 15) is 14.7 Å². The second-order valence-electron chi connectivity index (χ2n) is 10.0. The van der Waals surface area contributed by atoms with E-state index in [4.69, 9.17) is 16.3 Å².